The second-order valence-electron chi connectivity index (χ2n) is 7.83. The number of amides is 1. The van der Waals surface area contributed by atoms with E-state index in [0.29, 0.717) is 5.75 Å². The molecule has 0 unspecified atom stereocenters. The number of fused-ring (bicyclic) bond motifs is 1. The monoisotopic (exact) mass is 401 g/mol. The summed E-state index contributed by atoms with van der Waals surface area (Å²) in [6.45, 7) is 2.23. The van der Waals surface area contributed by atoms with Gasteiger partial charge in [0.1, 0.15) is 5.75 Å². The molecule has 1 amide bonds. The molecule has 1 heterocycles. The average molecular weight is 401 g/mol. The Morgan fingerprint density at radius 2 is 1.80 bits per heavy atom. The Morgan fingerprint density at radius 3 is 2.60 bits per heavy atom. The number of hydrogen-bond acceptors (Lipinski definition) is 4. The number of benzene rings is 3. The first kappa shape index (κ1) is 18.6. The number of para-hydroxylation sites is 1. The lowest BCUT2D eigenvalue weighted by Gasteiger charge is -2.18. The number of anilines is 1. The zero-order valence-corrected chi connectivity index (χ0v) is 17.0. The number of carbonyl (C=O) groups is 1. The maximum absolute atomic E-state index is 13.3. The van der Waals surface area contributed by atoms with Crippen LogP contribution in [0.2, 0.25) is 0 Å². The smallest absolute Gasteiger partial charge is 0.235 e. The number of carbonyl (C=O) groups excluding carboxylic acids is 1. The predicted octanol–water partition coefficient (Wildman–Crippen LogP) is 5.07. The highest BCUT2D eigenvalue weighted by Crippen LogP contribution is 2.51. The van der Waals surface area contributed by atoms with E-state index in [1.165, 1.54) is 0 Å². The zero-order valence-electron chi connectivity index (χ0n) is 17.0. The first-order valence-electron chi connectivity index (χ1n) is 10.1. The molecule has 3 aromatic rings. The fourth-order valence-electron chi connectivity index (χ4n) is 4.02. The van der Waals surface area contributed by atoms with Gasteiger partial charge >= 0.3 is 0 Å². The summed E-state index contributed by atoms with van der Waals surface area (Å²) in [6, 6.07) is 19.8. The summed E-state index contributed by atoms with van der Waals surface area (Å²) in [5.74, 6) is 2.26. The summed E-state index contributed by atoms with van der Waals surface area (Å²) in [7, 11) is 1.66. The second-order valence-corrected chi connectivity index (χ2v) is 7.83. The van der Waals surface area contributed by atoms with Gasteiger partial charge in [0, 0.05) is 11.3 Å². The van der Waals surface area contributed by atoms with Gasteiger partial charge in [-0.1, -0.05) is 36.4 Å². The van der Waals surface area contributed by atoms with Crippen molar-refractivity contribution in [2.75, 3.05) is 19.2 Å². The molecule has 0 spiro atoms. The Morgan fingerprint density at radius 1 is 1.00 bits per heavy atom. The number of methoxy groups -OCH3 is 1. The molecule has 0 saturated heterocycles. The maximum atomic E-state index is 13.3. The summed E-state index contributed by atoms with van der Waals surface area (Å²) in [4.78, 5) is 13.3. The Kier molecular flexibility index (Phi) is 4.39. The van der Waals surface area contributed by atoms with Crippen molar-refractivity contribution in [3.63, 3.8) is 0 Å². The normalized spacial score (nSPS) is 15.5. The first-order chi connectivity index (χ1) is 14.6. The summed E-state index contributed by atoms with van der Waals surface area (Å²) in [6.07, 6.45) is 1.65. The number of hydrogen-bond donors (Lipinski definition) is 1. The number of rotatable bonds is 5. The largest absolute Gasteiger partial charge is 0.496 e. The highest BCUT2D eigenvalue weighted by atomic mass is 16.7. The second kappa shape index (κ2) is 7.10. The van der Waals surface area contributed by atoms with Crippen LogP contribution >= 0.6 is 0 Å². The van der Waals surface area contributed by atoms with Gasteiger partial charge in [-0.25, -0.2) is 0 Å². The molecule has 3 aromatic carbocycles. The lowest BCUT2D eigenvalue weighted by atomic mass is 9.94. The fraction of sp³-hybridized carbons (Fsp3) is 0.240. The van der Waals surface area contributed by atoms with Crippen molar-refractivity contribution in [2.45, 2.75) is 25.2 Å². The van der Waals surface area contributed by atoms with E-state index in [4.69, 9.17) is 14.2 Å². The molecule has 0 aromatic heterocycles. The molecule has 0 radical (unpaired) electrons. The minimum absolute atomic E-state index is 0.0154. The number of ether oxygens (including phenoxy) is 3. The minimum atomic E-state index is -0.506. The summed E-state index contributed by atoms with van der Waals surface area (Å²) in [5.41, 5.74) is 4.30. The van der Waals surface area contributed by atoms with Crippen molar-refractivity contribution in [2.24, 2.45) is 0 Å². The van der Waals surface area contributed by atoms with Crippen molar-refractivity contribution >= 4 is 11.6 Å². The van der Waals surface area contributed by atoms with Gasteiger partial charge < -0.3 is 19.5 Å². The van der Waals surface area contributed by atoms with Crippen LogP contribution in [0, 0.1) is 6.92 Å². The van der Waals surface area contributed by atoms with Crippen molar-refractivity contribution in [3.8, 4) is 28.4 Å². The van der Waals surface area contributed by atoms with Crippen molar-refractivity contribution in [3.05, 3.63) is 71.8 Å². The summed E-state index contributed by atoms with van der Waals surface area (Å²) < 4.78 is 16.4. The van der Waals surface area contributed by atoms with E-state index in [2.05, 4.69) is 5.32 Å². The van der Waals surface area contributed by atoms with Crippen LogP contribution in [-0.4, -0.2) is 19.8 Å². The summed E-state index contributed by atoms with van der Waals surface area (Å²) >= 11 is 0. The van der Waals surface area contributed by atoms with Crippen molar-refractivity contribution < 1.29 is 19.0 Å². The van der Waals surface area contributed by atoms with Gasteiger partial charge in [-0.3, -0.25) is 4.79 Å². The lowest BCUT2D eigenvalue weighted by molar-refractivity contribution is -0.118. The summed E-state index contributed by atoms with van der Waals surface area (Å²) in [5, 5.41) is 3.18. The first-order valence-corrected chi connectivity index (χ1v) is 10.1. The molecule has 1 aliphatic heterocycles. The van der Waals surface area contributed by atoms with E-state index in [9.17, 15) is 4.79 Å². The minimum Gasteiger partial charge on any atom is -0.496 e. The van der Waals surface area contributed by atoms with Crippen LogP contribution in [0.1, 0.15) is 24.0 Å². The Bertz CT molecular complexity index is 1130. The Hall–Kier alpha value is -3.47. The molecule has 1 N–H and O–H groups in total. The van der Waals surface area contributed by atoms with E-state index in [0.717, 1.165) is 52.3 Å². The average Bonchev–Trinajstić information content (AvgIpc) is 3.46. The third-order valence-corrected chi connectivity index (χ3v) is 6.01. The third-order valence-electron chi connectivity index (χ3n) is 6.01. The van der Waals surface area contributed by atoms with Gasteiger partial charge in [-0.15, -0.1) is 0 Å². The van der Waals surface area contributed by atoms with Crippen LogP contribution in [-0.2, 0) is 10.2 Å². The SMILES string of the molecule is COc1ccccc1-c1ccc(C)c(NC(=O)C2(c3ccc4c(c3)OCO4)CC2)c1. The quantitative estimate of drug-likeness (QED) is 0.649. The van der Waals surface area contributed by atoms with Crippen LogP contribution in [0.5, 0.6) is 17.2 Å². The third kappa shape index (κ3) is 3.07. The lowest BCUT2D eigenvalue weighted by Crippen LogP contribution is -2.28. The van der Waals surface area contributed by atoms with E-state index < -0.39 is 5.41 Å². The Balaban J connectivity index is 1.44. The molecule has 0 atom stereocenters. The van der Waals surface area contributed by atoms with Gasteiger partial charge in [0.25, 0.3) is 0 Å². The molecule has 1 aliphatic carbocycles. The van der Waals surface area contributed by atoms with Crippen LogP contribution in [0.4, 0.5) is 5.69 Å². The topological polar surface area (TPSA) is 56.8 Å². The highest BCUT2D eigenvalue weighted by molar-refractivity contribution is 6.02. The molecule has 2 aliphatic rings. The number of aryl methyl sites for hydroxylation is 1. The number of nitrogens with one attached hydrogen (secondary N) is 1. The van der Waals surface area contributed by atoms with Gasteiger partial charge in [0.2, 0.25) is 12.7 Å². The molecule has 5 nitrogen and oxygen atoms in total. The van der Waals surface area contributed by atoms with Gasteiger partial charge in [0.15, 0.2) is 11.5 Å². The van der Waals surface area contributed by atoms with Crippen LogP contribution in [0.15, 0.2) is 60.7 Å². The van der Waals surface area contributed by atoms with Crippen LogP contribution in [0.3, 0.4) is 0 Å². The van der Waals surface area contributed by atoms with Crippen molar-refractivity contribution in [1.82, 2.24) is 0 Å². The zero-order chi connectivity index (χ0) is 20.7. The molecular weight excluding hydrogens is 378 g/mol. The molecule has 152 valence electrons. The van der Waals surface area contributed by atoms with E-state index in [-0.39, 0.29) is 12.7 Å². The molecular formula is C25H23NO4. The van der Waals surface area contributed by atoms with Gasteiger partial charge in [-0.2, -0.15) is 0 Å². The predicted molar refractivity (Wildman–Crippen MR) is 115 cm³/mol. The van der Waals surface area contributed by atoms with Crippen LogP contribution in [0.25, 0.3) is 11.1 Å². The highest BCUT2D eigenvalue weighted by Gasteiger charge is 2.51. The van der Waals surface area contributed by atoms with E-state index >= 15 is 0 Å². The van der Waals surface area contributed by atoms with Crippen molar-refractivity contribution in [1.29, 1.82) is 0 Å². The fourth-order valence-corrected chi connectivity index (χ4v) is 4.02. The standard InChI is InChI=1S/C25H23NO4/c1-16-7-8-17(19-5-3-4-6-21(19)28-2)13-20(16)26-24(27)25(11-12-25)18-9-10-22-23(14-18)30-15-29-22/h3-10,13-14H,11-12,15H2,1-2H3,(H,26,27). The Labute approximate surface area is 175 Å². The molecule has 1 fully saturated rings. The van der Waals surface area contributed by atoms with E-state index in [1.807, 2.05) is 67.6 Å². The maximum Gasteiger partial charge on any atom is 0.235 e. The van der Waals surface area contributed by atoms with Crippen LogP contribution < -0.4 is 19.5 Å². The molecule has 1 saturated carbocycles. The molecule has 5 rings (SSSR count). The molecule has 5 heteroatoms. The van der Waals surface area contributed by atoms with E-state index in [1.54, 1.807) is 7.11 Å². The van der Waals surface area contributed by atoms with Gasteiger partial charge in [-0.05, 0) is 60.7 Å². The van der Waals surface area contributed by atoms with Gasteiger partial charge in [0.05, 0.1) is 12.5 Å². The molecule has 0 bridgehead atoms. The molecule has 30 heavy (non-hydrogen) atoms.